The van der Waals surface area contributed by atoms with Crippen LogP contribution in [-0.4, -0.2) is 17.9 Å². The van der Waals surface area contributed by atoms with Gasteiger partial charge in [0.2, 0.25) is 6.79 Å². The lowest BCUT2D eigenvalue weighted by atomic mass is 9.85. The number of fused-ring (bicyclic) bond motifs is 1. The van der Waals surface area contributed by atoms with E-state index in [0.717, 1.165) is 0 Å². The van der Waals surface area contributed by atoms with Crippen molar-refractivity contribution < 1.29 is 23.8 Å². The van der Waals surface area contributed by atoms with E-state index < -0.39 is 17.2 Å². The van der Waals surface area contributed by atoms with E-state index in [4.69, 9.17) is 26.2 Å². The Morgan fingerprint density at radius 1 is 1.56 bits per heavy atom. The second kappa shape index (κ2) is 4.31. The van der Waals surface area contributed by atoms with Gasteiger partial charge >= 0.3 is 5.97 Å². The summed E-state index contributed by atoms with van der Waals surface area (Å²) in [6, 6.07) is 1.44. The van der Waals surface area contributed by atoms with Gasteiger partial charge in [0.05, 0.1) is 5.41 Å². The van der Waals surface area contributed by atoms with Crippen LogP contribution < -0.4 is 9.47 Å². The molecule has 6 heteroatoms. The number of rotatable bonds is 3. The van der Waals surface area contributed by atoms with Crippen LogP contribution >= 0.6 is 11.6 Å². The molecule has 1 N–H and O–H groups in total. The summed E-state index contributed by atoms with van der Waals surface area (Å²) in [7, 11) is 0. The fourth-order valence-electron chi connectivity index (χ4n) is 1.71. The van der Waals surface area contributed by atoms with E-state index in [-0.39, 0.29) is 29.5 Å². The van der Waals surface area contributed by atoms with Crippen molar-refractivity contribution in [2.24, 2.45) is 5.41 Å². The summed E-state index contributed by atoms with van der Waals surface area (Å²) < 4.78 is 24.2. The number of ether oxygens (including phenoxy) is 2. The zero-order chi connectivity index (χ0) is 13.5. The second-order valence-electron chi connectivity index (χ2n) is 4.76. The summed E-state index contributed by atoms with van der Waals surface area (Å²) in [6.45, 7) is 3.03. The normalized spacial score (nSPS) is 13.8. The highest BCUT2D eigenvalue weighted by Gasteiger charge is 2.31. The highest BCUT2D eigenvalue weighted by molar-refractivity contribution is 6.32. The average molecular weight is 275 g/mol. The monoisotopic (exact) mass is 274 g/mol. The van der Waals surface area contributed by atoms with E-state index in [9.17, 15) is 9.18 Å². The minimum Gasteiger partial charge on any atom is -0.481 e. The number of carbonyl (C=O) groups is 1. The molecule has 0 spiro atoms. The standard InChI is InChI=1S/C12H12ClFO4/c1-12(2,11(15)16)4-6-3-7-10(18-5-17-7)8(13)9(6)14/h3H,4-5H2,1-2H3,(H,15,16). The number of carboxylic acid groups (broad SMARTS) is 1. The summed E-state index contributed by atoms with van der Waals surface area (Å²) in [5.41, 5.74) is -0.880. The number of halogens is 2. The molecule has 2 rings (SSSR count). The SMILES string of the molecule is CC(C)(Cc1cc2c(c(Cl)c1F)OCO2)C(=O)O. The Morgan fingerprint density at radius 2 is 2.22 bits per heavy atom. The minimum absolute atomic E-state index is 0.0136. The van der Waals surface area contributed by atoms with Crippen LogP contribution in [0.3, 0.4) is 0 Å². The van der Waals surface area contributed by atoms with Gasteiger partial charge < -0.3 is 14.6 Å². The topological polar surface area (TPSA) is 55.8 Å². The lowest BCUT2D eigenvalue weighted by molar-refractivity contribution is -0.146. The van der Waals surface area contributed by atoms with Crippen molar-refractivity contribution in [2.75, 3.05) is 6.79 Å². The third-order valence-electron chi connectivity index (χ3n) is 2.83. The summed E-state index contributed by atoms with van der Waals surface area (Å²) >= 11 is 5.82. The largest absolute Gasteiger partial charge is 0.481 e. The van der Waals surface area contributed by atoms with Gasteiger partial charge in [-0.2, -0.15) is 0 Å². The summed E-state index contributed by atoms with van der Waals surface area (Å²) in [4.78, 5) is 11.0. The Bertz CT molecular complexity index is 513. The molecule has 0 atom stereocenters. The molecule has 0 bridgehead atoms. The van der Waals surface area contributed by atoms with Gasteiger partial charge in [-0.3, -0.25) is 4.79 Å². The van der Waals surface area contributed by atoms with Crippen molar-refractivity contribution >= 4 is 17.6 Å². The molecule has 0 saturated carbocycles. The fraction of sp³-hybridized carbons (Fsp3) is 0.417. The molecular formula is C12H12ClFO4. The van der Waals surface area contributed by atoms with Crippen molar-refractivity contribution in [1.29, 1.82) is 0 Å². The van der Waals surface area contributed by atoms with E-state index in [1.54, 1.807) is 0 Å². The first-order chi connectivity index (χ1) is 8.33. The summed E-state index contributed by atoms with van der Waals surface area (Å²) in [5, 5.41) is 8.88. The summed E-state index contributed by atoms with van der Waals surface area (Å²) in [5.74, 6) is -1.14. The molecule has 0 aromatic heterocycles. The number of aliphatic carboxylic acids is 1. The molecule has 4 nitrogen and oxygen atoms in total. The van der Waals surface area contributed by atoms with Crippen molar-refractivity contribution in [3.63, 3.8) is 0 Å². The van der Waals surface area contributed by atoms with E-state index in [2.05, 4.69) is 0 Å². The minimum atomic E-state index is -1.09. The molecule has 1 aliphatic rings. The first-order valence-electron chi connectivity index (χ1n) is 5.33. The van der Waals surface area contributed by atoms with E-state index in [0.29, 0.717) is 5.75 Å². The van der Waals surface area contributed by atoms with Gasteiger partial charge in [-0.25, -0.2) is 4.39 Å². The van der Waals surface area contributed by atoms with Crippen LogP contribution in [0.4, 0.5) is 4.39 Å². The van der Waals surface area contributed by atoms with Crippen LogP contribution in [0.5, 0.6) is 11.5 Å². The van der Waals surface area contributed by atoms with Crippen molar-refractivity contribution in [3.8, 4) is 11.5 Å². The highest BCUT2D eigenvalue weighted by Crippen LogP contribution is 2.43. The fourth-order valence-corrected chi connectivity index (χ4v) is 1.98. The lowest BCUT2D eigenvalue weighted by Crippen LogP contribution is -2.26. The molecular weight excluding hydrogens is 263 g/mol. The van der Waals surface area contributed by atoms with Gasteiger partial charge in [-0.15, -0.1) is 0 Å². The predicted molar refractivity (Wildman–Crippen MR) is 62.7 cm³/mol. The Morgan fingerprint density at radius 3 is 2.83 bits per heavy atom. The van der Waals surface area contributed by atoms with Crippen LogP contribution in [0.15, 0.2) is 6.07 Å². The average Bonchev–Trinajstić information content (AvgIpc) is 2.73. The smallest absolute Gasteiger partial charge is 0.309 e. The zero-order valence-corrected chi connectivity index (χ0v) is 10.7. The predicted octanol–water partition coefficient (Wildman–Crippen LogP) is 2.86. The maximum Gasteiger partial charge on any atom is 0.309 e. The Labute approximate surface area is 108 Å². The van der Waals surface area contributed by atoms with Gasteiger partial charge in [-0.05, 0) is 31.9 Å². The quantitative estimate of drug-likeness (QED) is 0.921. The molecule has 1 aromatic carbocycles. The van der Waals surface area contributed by atoms with Crippen LogP contribution in [0.1, 0.15) is 19.4 Å². The van der Waals surface area contributed by atoms with Crippen LogP contribution in [0.2, 0.25) is 5.02 Å². The molecule has 1 heterocycles. The van der Waals surface area contributed by atoms with Crippen LogP contribution in [0, 0.1) is 11.2 Å². The van der Waals surface area contributed by atoms with Gasteiger partial charge in [0.1, 0.15) is 10.8 Å². The molecule has 1 aliphatic heterocycles. The van der Waals surface area contributed by atoms with Gasteiger partial charge in [0.25, 0.3) is 0 Å². The lowest BCUT2D eigenvalue weighted by Gasteiger charge is -2.19. The van der Waals surface area contributed by atoms with E-state index in [1.165, 1.54) is 19.9 Å². The number of hydrogen-bond donors (Lipinski definition) is 1. The Kier molecular flexibility index (Phi) is 3.11. The molecule has 0 radical (unpaired) electrons. The van der Waals surface area contributed by atoms with Crippen molar-refractivity contribution in [2.45, 2.75) is 20.3 Å². The van der Waals surface area contributed by atoms with Gasteiger partial charge in [-0.1, -0.05) is 11.6 Å². The van der Waals surface area contributed by atoms with Crippen LogP contribution in [0.25, 0.3) is 0 Å². The Balaban J connectivity index is 2.41. The number of carboxylic acids is 1. The molecule has 98 valence electrons. The molecule has 0 fully saturated rings. The molecule has 1 aromatic rings. The van der Waals surface area contributed by atoms with Crippen molar-refractivity contribution in [3.05, 3.63) is 22.5 Å². The first-order valence-corrected chi connectivity index (χ1v) is 5.70. The maximum atomic E-state index is 14.0. The maximum absolute atomic E-state index is 14.0. The number of hydrogen-bond acceptors (Lipinski definition) is 3. The molecule has 0 saturated heterocycles. The molecule has 0 aliphatic carbocycles. The second-order valence-corrected chi connectivity index (χ2v) is 5.14. The van der Waals surface area contributed by atoms with Gasteiger partial charge in [0, 0.05) is 0 Å². The third kappa shape index (κ3) is 2.10. The third-order valence-corrected chi connectivity index (χ3v) is 3.17. The zero-order valence-electron chi connectivity index (χ0n) is 9.92. The first kappa shape index (κ1) is 13.0. The molecule has 18 heavy (non-hydrogen) atoms. The van der Waals surface area contributed by atoms with E-state index >= 15 is 0 Å². The molecule has 0 unspecified atom stereocenters. The van der Waals surface area contributed by atoms with Crippen molar-refractivity contribution in [1.82, 2.24) is 0 Å². The van der Waals surface area contributed by atoms with Gasteiger partial charge in [0.15, 0.2) is 11.5 Å². The Hall–Kier alpha value is -1.49. The van der Waals surface area contributed by atoms with Crippen LogP contribution in [-0.2, 0) is 11.2 Å². The highest BCUT2D eigenvalue weighted by atomic mass is 35.5. The van der Waals surface area contributed by atoms with E-state index in [1.807, 2.05) is 0 Å². The molecule has 0 amide bonds. The number of benzene rings is 1. The summed E-state index contributed by atoms with van der Waals surface area (Å²) in [6.07, 6.45) is 0.0184.